The summed E-state index contributed by atoms with van der Waals surface area (Å²) in [6.07, 6.45) is 0. The minimum absolute atomic E-state index is 0.560. The Kier molecular flexibility index (Phi) is 4.05. The van der Waals surface area contributed by atoms with Crippen molar-refractivity contribution in [3.63, 3.8) is 0 Å². The summed E-state index contributed by atoms with van der Waals surface area (Å²) in [5, 5.41) is 10.6. The van der Waals surface area contributed by atoms with E-state index in [1.165, 1.54) is 0 Å². The molecule has 18 heavy (non-hydrogen) atoms. The van der Waals surface area contributed by atoms with Crippen LogP contribution in [-0.4, -0.2) is 54.2 Å². The Morgan fingerprint density at radius 1 is 1.28 bits per heavy atom. The first-order valence-corrected chi connectivity index (χ1v) is 6.69. The van der Waals surface area contributed by atoms with Crippen LogP contribution in [0.25, 0.3) is 0 Å². The van der Waals surface area contributed by atoms with Gasteiger partial charge >= 0.3 is 0 Å². The third-order valence-electron chi connectivity index (χ3n) is 3.97. The molecule has 1 N–H and O–H groups in total. The largest absolute Gasteiger partial charge is 0.384 e. The molecule has 1 fully saturated rings. The molecule has 2 atom stereocenters. The SMILES string of the molecule is CC1CN(CC(C)(O)c2ccccc2)CCN1C. The number of hydrogen-bond acceptors (Lipinski definition) is 3. The zero-order chi connectivity index (χ0) is 13.2. The molecule has 1 aliphatic heterocycles. The van der Waals surface area contributed by atoms with Gasteiger partial charge in [0.2, 0.25) is 0 Å². The standard InChI is InChI=1S/C15H24N2O/c1-13-11-17(10-9-16(13)3)12-15(2,18)14-7-5-4-6-8-14/h4-8,13,18H,9-12H2,1-3H3. The van der Waals surface area contributed by atoms with Crippen molar-refractivity contribution in [2.75, 3.05) is 33.2 Å². The van der Waals surface area contributed by atoms with Gasteiger partial charge in [-0.25, -0.2) is 0 Å². The van der Waals surface area contributed by atoms with E-state index < -0.39 is 5.60 Å². The molecule has 0 aromatic heterocycles. The minimum Gasteiger partial charge on any atom is -0.384 e. The molecule has 1 aliphatic rings. The van der Waals surface area contributed by atoms with E-state index in [0.717, 1.165) is 25.2 Å². The van der Waals surface area contributed by atoms with Gasteiger partial charge in [-0.3, -0.25) is 4.90 Å². The van der Waals surface area contributed by atoms with Crippen LogP contribution in [-0.2, 0) is 5.60 Å². The van der Waals surface area contributed by atoms with Crippen molar-refractivity contribution >= 4 is 0 Å². The molecule has 1 aromatic rings. The maximum atomic E-state index is 10.6. The van der Waals surface area contributed by atoms with E-state index in [1.807, 2.05) is 37.3 Å². The quantitative estimate of drug-likeness (QED) is 0.879. The Hall–Kier alpha value is -0.900. The monoisotopic (exact) mass is 248 g/mol. The van der Waals surface area contributed by atoms with Gasteiger partial charge in [-0.1, -0.05) is 30.3 Å². The molecule has 1 saturated heterocycles. The Morgan fingerprint density at radius 2 is 1.94 bits per heavy atom. The molecule has 0 amide bonds. The lowest BCUT2D eigenvalue weighted by atomic mass is 9.95. The molecule has 100 valence electrons. The number of nitrogens with zero attached hydrogens (tertiary/aromatic N) is 2. The second-order valence-corrected chi connectivity index (χ2v) is 5.70. The molecule has 2 unspecified atom stereocenters. The maximum Gasteiger partial charge on any atom is 0.0994 e. The second kappa shape index (κ2) is 5.39. The van der Waals surface area contributed by atoms with Crippen molar-refractivity contribution in [1.29, 1.82) is 0 Å². The predicted molar refractivity (Wildman–Crippen MR) is 74.5 cm³/mol. The van der Waals surface area contributed by atoms with Crippen molar-refractivity contribution in [2.24, 2.45) is 0 Å². The first-order chi connectivity index (χ1) is 8.49. The topological polar surface area (TPSA) is 26.7 Å². The minimum atomic E-state index is -0.767. The lowest BCUT2D eigenvalue weighted by Gasteiger charge is -2.40. The number of benzene rings is 1. The van der Waals surface area contributed by atoms with Gasteiger partial charge in [0.25, 0.3) is 0 Å². The van der Waals surface area contributed by atoms with Gasteiger partial charge in [-0.05, 0) is 26.5 Å². The number of rotatable bonds is 3. The van der Waals surface area contributed by atoms with Crippen LogP contribution in [0.1, 0.15) is 19.4 Å². The van der Waals surface area contributed by atoms with Gasteiger partial charge in [0.1, 0.15) is 0 Å². The van der Waals surface area contributed by atoms with Crippen molar-refractivity contribution in [3.05, 3.63) is 35.9 Å². The van der Waals surface area contributed by atoms with Gasteiger partial charge in [0, 0.05) is 32.2 Å². The van der Waals surface area contributed by atoms with Crippen LogP contribution < -0.4 is 0 Å². The average Bonchev–Trinajstić information content (AvgIpc) is 2.35. The normalized spacial score (nSPS) is 25.9. The molecule has 2 rings (SSSR count). The average molecular weight is 248 g/mol. The van der Waals surface area contributed by atoms with Gasteiger partial charge in [-0.15, -0.1) is 0 Å². The van der Waals surface area contributed by atoms with E-state index >= 15 is 0 Å². The van der Waals surface area contributed by atoms with Crippen molar-refractivity contribution in [1.82, 2.24) is 9.80 Å². The third kappa shape index (κ3) is 3.10. The van der Waals surface area contributed by atoms with Gasteiger partial charge in [0.05, 0.1) is 5.60 Å². The van der Waals surface area contributed by atoms with Crippen LogP contribution >= 0.6 is 0 Å². The van der Waals surface area contributed by atoms with Crippen LogP contribution in [0.2, 0.25) is 0 Å². The van der Waals surface area contributed by atoms with Crippen molar-refractivity contribution < 1.29 is 5.11 Å². The van der Waals surface area contributed by atoms with Crippen LogP contribution in [0.4, 0.5) is 0 Å². The highest BCUT2D eigenvalue weighted by molar-refractivity contribution is 5.21. The van der Waals surface area contributed by atoms with E-state index in [1.54, 1.807) is 0 Å². The number of piperazine rings is 1. The number of aliphatic hydroxyl groups is 1. The molecule has 3 heteroatoms. The number of likely N-dealkylation sites (N-methyl/N-ethyl adjacent to an activating group) is 1. The molecule has 3 nitrogen and oxygen atoms in total. The highest BCUT2D eigenvalue weighted by Gasteiger charge is 2.29. The molecule has 0 radical (unpaired) electrons. The predicted octanol–water partition coefficient (Wildman–Crippen LogP) is 1.53. The molecule has 0 aliphatic carbocycles. The first kappa shape index (κ1) is 13.5. The lowest BCUT2D eigenvalue weighted by molar-refractivity contribution is -0.00661. The third-order valence-corrected chi connectivity index (χ3v) is 3.97. The second-order valence-electron chi connectivity index (χ2n) is 5.70. The van der Waals surface area contributed by atoms with Crippen molar-refractivity contribution in [2.45, 2.75) is 25.5 Å². The zero-order valence-corrected chi connectivity index (χ0v) is 11.6. The Balaban J connectivity index is 2.00. The van der Waals surface area contributed by atoms with Crippen LogP contribution in [0, 0.1) is 0 Å². The highest BCUT2D eigenvalue weighted by Crippen LogP contribution is 2.22. The fourth-order valence-corrected chi connectivity index (χ4v) is 2.59. The van der Waals surface area contributed by atoms with Gasteiger partial charge in [0.15, 0.2) is 0 Å². The fraction of sp³-hybridized carbons (Fsp3) is 0.600. The van der Waals surface area contributed by atoms with E-state index in [4.69, 9.17) is 0 Å². The van der Waals surface area contributed by atoms with Crippen molar-refractivity contribution in [3.8, 4) is 0 Å². The Morgan fingerprint density at radius 3 is 2.56 bits per heavy atom. The fourth-order valence-electron chi connectivity index (χ4n) is 2.59. The summed E-state index contributed by atoms with van der Waals surface area (Å²) in [6.45, 7) is 7.99. The molecule has 0 saturated carbocycles. The summed E-state index contributed by atoms with van der Waals surface area (Å²) in [4.78, 5) is 4.73. The van der Waals surface area contributed by atoms with Crippen LogP contribution in [0.5, 0.6) is 0 Å². The molecular formula is C15H24N2O. The highest BCUT2D eigenvalue weighted by atomic mass is 16.3. The summed E-state index contributed by atoms with van der Waals surface area (Å²) in [5.41, 5.74) is 0.230. The summed E-state index contributed by atoms with van der Waals surface area (Å²) >= 11 is 0. The summed E-state index contributed by atoms with van der Waals surface area (Å²) in [7, 11) is 2.16. The van der Waals surface area contributed by atoms with Crippen LogP contribution in [0.3, 0.4) is 0 Å². The summed E-state index contributed by atoms with van der Waals surface area (Å²) in [6, 6.07) is 10.5. The van der Waals surface area contributed by atoms with E-state index in [2.05, 4.69) is 23.8 Å². The van der Waals surface area contributed by atoms with E-state index in [9.17, 15) is 5.11 Å². The summed E-state index contributed by atoms with van der Waals surface area (Å²) < 4.78 is 0. The molecule has 1 aromatic carbocycles. The van der Waals surface area contributed by atoms with Gasteiger partial charge in [-0.2, -0.15) is 0 Å². The number of β-amino-alcohol motifs (C(OH)–C–C–N with tert-alkyl or cyclic N) is 1. The van der Waals surface area contributed by atoms with Crippen LogP contribution in [0.15, 0.2) is 30.3 Å². The van der Waals surface area contributed by atoms with E-state index in [-0.39, 0.29) is 0 Å². The molecule has 0 bridgehead atoms. The smallest absolute Gasteiger partial charge is 0.0994 e. The molecular weight excluding hydrogens is 224 g/mol. The molecule has 1 heterocycles. The Labute approximate surface area is 110 Å². The Bertz CT molecular complexity index is 377. The number of hydrogen-bond donors (Lipinski definition) is 1. The lowest BCUT2D eigenvalue weighted by Crippen LogP contribution is -2.53. The zero-order valence-electron chi connectivity index (χ0n) is 11.6. The molecule has 0 spiro atoms. The van der Waals surface area contributed by atoms with E-state index in [0.29, 0.717) is 12.6 Å². The van der Waals surface area contributed by atoms with Gasteiger partial charge < -0.3 is 10.0 Å². The maximum absolute atomic E-state index is 10.6. The summed E-state index contributed by atoms with van der Waals surface area (Å²) in [5.74, 6) is 0. The first-order valence-electron chi connectivity index (χ1n) is 6.69.